The Balaban J connectivity index is 1.92. The van der Waals surface area contributed by atoms with Crippen molar-refractivity contribution in [2.75, 3.05) is 32.7 Å². The average Bonchev–Trinajstić information content (AvgIpc) is 3.04. The molecule has 3 rings (SSSR count). The van der Waals surface area contributed by atoms with E-state index in [0.717, 1.165) is 51.1 Å². The molecule has 1 amide bonds. The maximum atomic E-state index is 13.1. The van der Waals surface area contributed by atoms with Crippen LogP contribution in [0.25, 0.3) is 0 Å². The van der Waals surface area contributed by atoms with Gasteiger partial charge in [0.1, 0.15) is 11.8 Å². The quantitative estimate of drug-likeness (QED) is 0.885. The standard InChI is InChI=1S/C17H25N3O2/c1-13-12-18-7-10-20(13)16(14-5-4-6-15(21)11-14)17(22)19-8-2-3-9-19/h4-6,11,13,16,18,21H,2-3,7-10,12H2,1H3. The number of benzene rings is 1. The number of phenols is 1. The first-order valence-corrected chi connectivity index (χ1v) is 8.21. The molecule has 5 heteroatoms. The third kappa shape index (κ3) is 3.10. The van der Waals surface area contributed by atoms with E-state index in [-0.39, 0.29) is 17.7 Å². The third-order valence-electron chi connectivity index (χ3n) is 4.72. The zero-order valence-corrected chi connectivity index (χ0v) is 13.2. The molecule has 0 saturated carbocycles. The summed E-state index contributed by atoms with van der Waals surface area (Å²) in [5.74, 6) is 0.399. The van der Waals surface area contributed by atoms with Crippen LogP contribution in [0.5, 0.6) is 5.75 Å². The van der Waals surface area contributed by atoms with Gasteiger partial charge < -0.3 is 15.3 Å². The lowest BCUT2D eigenvalue weighted by molar-refractivity contribution is -0.137. The molecule has 5 nitrogen and oxygen atoms in total. The number of carbonyl (C=O) groups excluding carboxylic acids is 1. The van der Waals surface area contributed by atoms with Crippen molar-refractivity contribution in [1.29, 1.82) is 0 Å². The summed E-state index contributed by atoms with van der Waals surface area (Å²) in [7, 11) is 0. The lowest BCUT2D eigenvalue weighted by Crippen LogP contribution is -2.54. The fourth-order valence-corrected chi connectivity index (χ4v) is 3.52. The first-order valence-electron chi connectivity index (χ1n) is 8.21. The molecule has 22 heavy (non-hydrogen) atoms. The van der Waals surface area contributed by atoms with E-state index in [4.69, 9.17) is 0 Å². The van der Waals surface area contributed by atoms with Gasteiger partial charge in [0.2, 0.25) is 5.91 Å². The van der Waals surface area contributed by atoms with Crippen LogP contribution in [0.1, 0.15) is 31.4 Å². The molecular formula is C17H25N3O2. The van der Waals surface area contributed by atoms with Crippen molar-refractivity contribution in [3.8, 4) is 5.75 Å². The first-order chi connectivity index (χ1) is 10.7. The van der Waals surface area contributed by atoms with Crippen LogP contribution in [0.3, 0.4) is 0 Å². The van der Waals surface area contributed by atoms with Gasteiger partial charge in [-0.1, -0.05) is 12.1 Å². The molecule has 2 aliphatic heterocycles. The fraction of sp³-hybridized carbons (Fsp3) is 0.588. The number of aromatic hydroxyl groups is 1. The van der Waals surface area contributed by atoms with Gasteiger partial charge >= 0.3 is 0 Å². The van der Waals surface area contributed by atoms with Crippen molar-refractivity contribution >= 4 is 5.91 Å². The summed E-state index contributed by atoms with van der Waals surface area (Å²) in [5, 5.41) is 13.2. The van der Waals surface area contributed by atoms with Crippen LogP contribution in [0.15, 0.2) is 24.3 Å². The summed E-state index contributed by atoms with van der Waals surface area (Å²) in [4.78, 5) is 17.3. The van der Waals surface area contributed by atoms with Gasteiger partial charge in [-0.05, 0) is 37.5 Å². The molecular weight excluding hydrogens is 278 g/mol. The van der Waals surface area contributed by atoms with Crippen LogP contribution in [-0.2, 0) is 4.79 Å². The highest BCUT2D eigenvalue weighted by Crippen LogP contribution is 2.29. The van der Waals surface area contributed by atoms with E-state index in [1.54, 1.807) is 12.1 Å². The Morgan fingerprint density at radius 2 is 2.09 bits per heavy atom. The van der Waals surface area contributed by atoms with Crippen LogP contribution in [-0.4, -0.2) is 59.6 Å². The summed E-state index contributed by atoms with van der Waals surface area (Å²) in [6.07, 6.45) is 2.19. The number of rotatable bonds is 3. The zero-order chi connectivity index (χ0) is 15.5. The van der Waals surface area contributed by atoms with Gasteiger partial charge in [-0.3, -0.25) is 9.69 Å². The molecule has 2 unspecified atom stereocenters. The van der Waals surface area contributed by atoms with Crippen LogP contribution < -0.4 is 5.32 Å². The number of hydrogen-bond donors (Lipinski definition) is 2. The lowest BCUT2D eigenvalue weighted by atomic mass is 10.0. The lowest BCUT2D eigenvalue weighted by Gasteiger charge is -2.40. The van der Waals surface area contributed by atoms with Gasteiger partial charge in [-0.15, -0.1) is 0 Å². The largest absolute Gasteiger partial charge is 0.508 e. The molecule has 1 aromatic carbocycles. The summed E-state index contributed by atoms with van der Waals surface area (Å²) in [5.41, 5.74) is 0.894. The van der Waals surface area contributed by atoms with Crippen molar-refractivity contribution in [2.24, 2.45) is 0 Å². The minimum absolute atomic E-state index is 0.178. The Morgan fingerprint density at radius 1 is 1.32 bits per heavy atom. The smallest absolute Gasteiger partial charge is 0.244 e. The van der Waals surface area contributed by atoms with Crippen molar-refractivity contribution in [3.05, 3.63) is 29.8 Å². The predicted molar refractivity (Wildman–Crippen MR) is 85.7 cm³/mol. The second-order valence-corrected chi connectivity index (χ2v) is 6.32. The highest BCUT2D eigenvalue weighted by Gasteiger charge is 2.35. The van der Waals surface area contributed by atoms with Gasteiger partial charge in [0, 0.05) is 38.8 Å². The Kier molecular flexibility index (Phi) is 4.64. The maximum absolute atomic E-state index is 13.1. The van der Waals surface area contributed by atoms with Gasteiger partial charge in [-0.25, -0.2) is 0 Å². The molecule has 2 aliphatic rings. The van der Waals surface area contributed by atoms with Crippen molar-refractivity contribution < 1.29 is 9.90 Å². The van der Waals surface area contributed by atoms with E-state index in [2.05, 4.69) is 17.1 Å². The van der Waals surface area contributed by atoms with E-state index in [0.29, 0.717) is 6.04 Å². The van der Waals surface area contributed by atoms with Crippen LogP contribution in [0, 0.1) is 0 Å². The van der Waals surface area contributed by atoms with Gasteiger partial charge in [0.05, 0.1) is 0 Å². The minimum atomic E-state index is -0.290. The SMILES string of the molecule is CC1CNCCN1C(C(=O)N1CCCC1)c1cccc(O)c1. The molecule has 2 atom stereocenters. The number of amides is 1. The minimum Gasteiger partial charge on any atom is -0.508 e. The first kappa shape index (κ1) is 15.3. The summed E-state index contributed by atoms with van der Waals surface area (Å²) < 4.78 is 0. The van der Waals surface area contributed by atoms with E-state index in [1.165, 1.54) is 0 Å². The Morgan fingerprint density at radius 3 is 2.77 bits per heavy atom. The second kappa shape index (κ2) is 6.67. The third-order valence-corrected chi connectivity index (χ3v) is 4.72. The van der Waals surface area contributed by atoms with E-state index < -0.39 is 0 Å². The zero-order valence-electron chi connectivity index (χ0n) is 13.2. The normalized spacial score (nSPS) is 24.4. The Bertz CT molecular complexity index is 528. The summed E-state index contributed by atoms with van der Waals surface area (Å²) in [6, 6.07) is 7.17. The Labute approximate surface area is 131 Å². The van der Waals surface area contributed by atoms with Crippen LogP contribution in [0.2, 0.25) is 0 Å². The molecule has 1 aromatic rings. The summed E-state index contributed by atoms with van der Waals surface area (Å²) in [6.45, 7) is 6.50. The molecule has 2 fully saturated rings. The molecule has 120 valence electrons. The van der Waals surface area contributed by atoms with Crippen LogP contribution >= 0.6 is 0 Å². The van der Waals surface area contributed by atoms with E-state index >= 15 is 0 Å². The Hall–Kier alpha value is -1.59. The molecule has 2 saturated heterocycles. The van der Waals surface area contributed by atoms with Crippen LogP contribution in [0.4, 0.5) is 0 Å². The molecule has 0 spiro atoms. The average molecular weight is 303 g/mol. The topological polar surface area (TPSA) is 55.8 Å². The number of carbonyl (C=O) groups is 1. The molecule has 2 N–H and O–H groups in total. The highest BCUT2D eigenvalue weighted by atomic mass is 16.3. The molecule has 0 bridgehead atoms. The predicted octanol–water partition coefficient (Wildman–Crippen LogP) is 1.35. The van der Waals surface area contributed by atoms with E-state index in [9.17, 15) is 9.90 Å². The van der Waals surface area contributed by atoms with Gasteiger partial charge in [0.25, 0.3) is 0 Å². The van der Waals surface area contributed by atoms with Crippen molar-refractivity contribution in [2.45, 2.75) is 31.8 Å². The number of nitrogens with zero attached hydrogens (tertiary/aromatic N) is 2. The molecule has 0 aliphatic carbocycles. The number of piperazine rings is 1. The van der Waals surface area contributed by atoms with Crippen molar-refractivity contribution in [3.63, 3.8) is 0 Å². The fourth-order valence-electron chi connectivity index (χ4n) is 3.52. The molecule has 0 aromatic heterocycles. The van der Waals surface area contributed by atoms with E-state index in [1.807, 2.05) is 17.0 Å². The molecule has 0 radical (unpaired) electrons. The van der Waals surface area contributed by atoms with Gasteiger partial charge in [0.15, 0.2) is 0 Å². The number of likely N-dealkylation sites (tertiary alicyclic amines) is 1. The monoisotopic (exact) mass is 303 g/mol. The maximum Gasteiger partial charge on any atom is 0.244 e. The summed E-state index contributed by atoms with van der Waals surface area (Å²) >= 11 is 0. The van der Waals surface area contributed by atoms with Crippen molar-refractivity contribution in [1.82, 2.24) is 15.1 Å². The number of hydrogen-bond acceptors (Lipinski definition) is 4. The molecule has 2 heterocycles. The highest BCUT2D eigenvalue weighted by molar-refractivity contribution is 5.83. The number of phenolic OH excluding ortho intramolecular Hbond substituents is 1. The van der Waals surface area contributed by atoms with Gasteiger partial charge in [-0.2, -0.15) is 0 Å². The second-order valence-electron chi connectivity index (χ2n) is 6.32. The number of nitrogens with one attached hydrogen (secondary N) is 1.